The zero-order chi connectivity index (χ0) is 13.9. The highest BCUT2D eigenvalue weighted by atomic mass is 127. The monoisotopic (exact) mass is 378 g/mol. The number of amides is 1. The summed E-state index contributed by atoms with van der Waals surface area (Å²) in [4.78, 5) is 14.6. The van der Waals surface area contributed by atoms with Crippen LogP contribution in [0.15, 0.2) is 48.5 Å². The Labute approximate surface area is 132 Å². The third kappa shape index (κ3) is 2.71. The van der Waals surface area contributed by atoms with Crippen LogP contribution < -0.4 is 10.2 Å². The molecule has 0 fully saturated rings. The highest BCUT2D eigenvalue weighted by Gasteiger charge is 2.21. The van der Waals surface area contributed by atoms with Gasteiger partial charge in [-0.3, -0.25) is 4.79 Å². The minimum Gasteiger partial charge on any atom is -0.311 e. The van der Waals surface area contributed by atoms with Gasteiger partial charge in [-0.1, -0.05) is 24.3 Å². The molecule has 20 heavy (non-hydrogen) atoms. The highest BCUT2D eigenvalue weighted by Crippen LogP contribution is 2.24. The molecule has 0 radical (unpaired) electrons. The summed E-state index contributed by atoms with van der Waals surface area (Å²) in [5.41, 5.74) is 2.93. The summed E-state index contributed by atoms with van der Waals surface area (Å²) < 4.78 is 1.08. The Kier molecular flexibility index (Phi) is 4.03. The van der Waals surface area contributed by atoms with Crippen molar-refractivity contribution in [2.45, 2.75) is 6.54 Å². The second kappa shape index (κ2) is 5.93. The molecule has 0 aromatic heterocycles. The van der Waals surface area contributed by atoms with E-state index in [0.29, 0.717) is 6.54 Å². The maximum Gasteiger partial charge on any atom is 0.258 e. The number of fused-ring (bicyclic) bond motifs is 1. The number of rotatable bonds is 1. The Hall–Kier alpha value is -1.40. The maximum absolute atomic E-state index is 12.8. The molecule has 2 aromatic carbocycles. The van der Waals surface area contributed by atoms with Crippen molar-refractivity contribution < 1.29 is 4.79 Å². The van der Waals surface area contributed by atoms with Gasteiger partial charge in [0.05, 0.1) is 0 Å². The van der Waals surface area contributed by atoms with Gasteiger partial charge >= 0.3 is 0 Å². The van der Waals surface area contributed by atoms with Gasteiger partial charge in [-0.25, -0.2) is 0 Å². The lowest BCUT2D eigenvalue weighted by Gasteiger charge is -2.22. The molecule has 1 amide bonds. The third-order valence-corrected chi connectivity index (χ3v) is 4.10. The molecule has 1 aliphatic rings. The van der Waals surface area contributed by atoms with E-state index in [2.05, 4.69) is 34.0 Å². The smallest absolute Gasteiger partial charge is 0.258 e. The molecule has 0 spiro atoms. The first-order chi connectivity index (χ1) is 9.75. The van der Waals surface area contributed by atoms with Crippen LogP contribution in [0.5, 0.6) is 0 Å². The molecule has 3 nitrogen and oxygen atoms in total. The van der Waals surface area contributed by atoms with E-state index < -0.39 is 0 Å². The number of hydrogen-bond donors (Lipinski definition) is 1. The average Bonchev–Trinajstić information content (AvgIpc) is 2.69. The van der Waals surface area contributed by atoms with Crippen LogP contribution in [0, 0.1) is 3.57 Å². The average molecular weight is 378 g/mol. The first-order valence-corrected chi connectivity index (χ1v) is 7.69. The van der Waals surface area contributed by atoms with E-state index in [1.807, 2.05) is 47.4 Å². The van der Waals surface area contributed by atoms with E-state index in [-0.39, 0.29) is 5.91 Å². The Morgan fingerprint density at radius 1 is 1.15 bits per heavy atom. The standard InChI is InChI=1S/C16H15IN2O/c17-14-6-3-5-12(10-14)16(20)19-9-8-18-11-13-4-1-2-7-15(13)19/h1-7,10,18H,8-9,11H2. The molecule has 1 heterocycles. The lowest BCUT2D eigenvalue weighted by molar-refractivity contribution is 0.0987. The van der Waals surface area contributed by atoms with E-state index in [0.717, 1.165) is 27.9 Å². The number of nitrogens with zero attached hydrogens (tertiary/aromatic N) is 1. The summed E-state index contributed by atoms with van der Waals surface area (Å²) in [6.45, 7) is 2.32. The lowest BCUT2D eigenvalue weighted by Crippen LogP contribution is -2.34. The first kappa shape index (κ1) is 13.6. The van der Waals surface area contributed by atoms with Crippen molar-refractivity contribution in [3.63, 3.8) is 0 Å². The number of halogens is 1. The van der Waals surface area contributed by atoms with E-state index in [1.54, 1.807) is 0 Å². The number of para-hydroxylation sites is 1. The Morgan fingerprint density at radius 3 is 2.85 bits per heavy atom. The molecule has 1 N–H and O–H groups in total. The lowest BCUT2D eigenvalue weighted by atomic mass is 10.1. The van der Waals surface area contributed by atoms with Crippen molar-refractivity contribution in [2.24, 2.45) is 0 Å². The minimum atomic E-state index is 0.0691. The topological polar surface area (TPSA) is 32.3 Å². The maximum atomic E-state index is 12.8. The minimum absolute atomic E-state index is 0.0691. The Bertz CT molecular complexity index is 642. The molecule has 0 saturated heterocycles. The van der Waals surface area contributed by atoms with Gasteiger partial charge in [0.2, 0.25) is 0 Å². The molecule has 0 saturated carbocycles. The molecule has 102 valence electrons. The highest BCUT2D eigenvalue weighted by molar-refractivity contribution is 14.1. The van der Waals surface area contributed by atoms with Crippen molar-refractivity contribution in [1.82, 2.24) is 5.32 Å². The summed E-state index contributed by atoms with van der Waals surface area (Å²) in [6.07, 6.45) is 0. The third-order valence-electron chi connectivity index (χ3n) is 3.43. The van der Waals surface area contributed by atoms with Gasteiger partial charge in [-0.15, -0.1) is 0 Å². The van der Waals surface area contributed by atoms with Crippen molar-refractivity contribution in [2.75, 3.05) is 18.0 Å². The SMILES string of the molecule is O=C(c1cccc(I)c1)N1CCNCc2ccccc21. The number of hydrogen-bond acceptors (Lipinski definition) is 2. The normalized spacial score (nSPS) is 14.6. The van der Waals surface area contributed by atoms with Crippen molar-refractivity contribution in [3.05, 3.63) is 63.2 Å². The van der Waals surface area contributed by atoms with Crippen molar-refractivity contribution in [1.29, 1.82) is 0 Å². The summed E-state index contributed by atoms with van der Waals surface area (Å²) in [6, 6.07) is 15.8. The molecule has 0 bridgehead atoms. The second-order valence-electron chi connectivity index (χ2n) is 4.77. The molecule has 1 aliphatic heterocycles. The summed E-state index contributed by atoms with van der Waals surface area (Å²) in [5, 5.41) is 3.36. The van der Waals surface area contributed by atoms with Crippen LogP contribution in [0.3, 0.4) is 0 Å². The van der Waals surface area contributed by atoms with Crippen molar-refractivity contribution >= 4 is 34.2 Å². The zero-order valence-electron chi connectivity index (χ0n) is 11.0. The molecule has 2 aromatic rings. The summed E-state index contributed by atoms with van der Waals surface area (Å²) in [7, 11) is 0. The van der Waals surface area contributed by atoms with Gasteiger partial charge in [0.15, 0.2) is 0 Å². The van der Waals surface area contributed by atoms with Crippen LogP contribution in [-0.2, 0) is 6.54 Å². The number of anilines is 1. The molecule has 3 rings (SSSR count). The van der Waals surface area contributed by atoms with Gasteiger partial charge in [-0.05, 0) is 52.4 Å². The number of carbonyl (C=O) groups excluding carboxylic acids is 1. The molecular formula is C16H15IN2O. The van der Waals surface area contributed by atoms with Crippen LogP contribution in [0.4, 0.5) is 5.69 Å². The first-order valence-electron chi connectivity index (χ1n) is 6.62. The number of benzene rings is 2. The fourth-order valence-electron chi connectivity index (χ4n) is 2.45. The quantitative estimate of drug-likeness (QED) is 0.774. The van der Waals surface area contributed by atoms with Crippen LogP contribution in [0.25, 0.3) is 0 Å². The van der Waals surface area contributed by atoms with E-state index in [4.69, 9.17) is 0 Å². The van der Waals surface area contributed by atoms with Gasteiger partial charge in [0.1, 0.15) is 0 Å². The molecule has 0 atom stereocenters. The fraction of sp³-hybridized carbons (Fsp3) is 0.188. The summed E-state index contributed by atoms with van der Waals surface area (Å²) >= 11 is 2.23. The molecule has 4 heteroatoms. The molecule has 0 aliphatic carbocycles. The van der Waals surface area contributed by atoms with Gasteiger partial charge < -0.3 is 10.2 Å². The number of nitrogens with one attached hydrogen (secondary N) is 1. The van der Waals surface area contributed by atoms with Crippen LogP contribution in [0.2, 0.25) is 0 Å². The fourth-order valence-corrected chi connectivity index (χ4v) is 2.99. The van der Waals surface area contributed by atoms with E-state index >= 15 is 0 Å². The number of carbonyl (C=O) groups is 1. The Morgan fingerprint density at radius 2 is 2.00 bits per heavy atom. The van der Waals surface area contributed by atoms with Crippen LogP contribution in [-0.4, -0.2) is 19.0 Å². The second-order valence-corrected chi connectivity index (χ2v) is 6.02. The van der Waals surface area contributed by atoms with Gasteiger partial charge in [0.25, 0.3) is 5.91 Å². The van der Waals surface area contributed by atoms with Crippen molar-refractivity contribution in [3.8, 4) is 0 Å². The van der Waals surface area contributed by atoms with E-state index in [1.165, 1.54) is 5.56 Å². The zero-order valence-corrected chi connectivity index (χ0v) is 13.1. The summed E-state index contributed by atoms with van der Waals surface area (Å²) in [5.74, 6) is 0.0691. The predicted octanol–water partition coefficient (Wildman–Crippen LogP) is 3.04. The molecular weight excluding hydrogens is 363 g/mol. The van der Waals surface area contributed by atoms with Gasteiger partial charge in [0, 0.05) is 34.5 Å². The van der Waals surface area contributed by atoms with Crippen LogP contribution >= 0.6 is 22.6 Å². The largest absolute Gasteiger partial charge is 0.311 e. The van der Waals surface area contributed by atoms with Gasteiger partial charge in [-0.2, -0.15) is 0 Å². The van der Waals surface area contributed by atoms with E-state index in [9.17, 15) is 4.79 Å². The Balaban J connectivity index is 1.99. The predicted molar refractivity (Wildman–Crippen MR) is 89.0 cm³/mol. The molecule has 0 unspecified atom stereocenters. The van der Waals surface area contributed by atoms with Crippen LogP contribution in [0.1, 0.15) is 15.9 Å².